The fourth-order valence-electron chi connectivity index (χ4n) is 3.23. The first-order valence-corrected chi connectivity index (χ1v) is 7.94. The van der Waals surface area contributed by atoms with Gasteiger partial charge in [-0.1, -0.05) is 12.2 Å². The van der Waals surface area contributed by atoms with Crippen LogP contribution in [0.3, 0.4) is 0 Å². The average Bonchev–Trinajstić information content (AvgIpc) is 3.04. The molecule has 0 spiro atoms. The quantitative estimate of drug-likeness (QED) is 0.759. The monoisotopic (exact) mass is 325 g/mol. The second-order valence-electron chi connectivity index (χ2n) is 6.07. The number of hydrogen-bond donors (Lipinski definition) is 0. The average molecular weight is 325 g/mol. The third-order valence-corrected chi connectivity index (χ3v) is 4.59. The fraction of sp³-hybridized carbons (Fsp3) is 0.263. The largest absolute Gasteiger partial charge is 0.332 e. The minimum atomic E-state index is -0.304. The van der Waals surface area contributed by atoms with Crippen LogP contribution in [0.4, 0.5) is 4.39 Å². The number of nitrogens with zero attached hydrogens (tertiary/aromatic N) is 3. The Hall–Kier alpha value is -2.69. The van der Waals surface area contributed by atoms with E-state index in [2.05, 4.69) is 18.3 Å². The first kappa shape index (κ1) is 16.2. The third kappa shape index (κ3) is 2.77. The highest BCUT2D eigenvalue weighted by Gasteiger charge is 2.45. The molecule has 124 valence electrons. The van der Waals surface area contributed by atoms with Gasteiger partial charge in [0.15, 0.2) is 0 Å². The van der Waals surface area contributed by atoms with Crippen LogP contribution in [0.1, 0.15) is 29.6 Å². The highest BCUT2D eigenvalue weighted by atomic mass is 19.1. The van der Waals surface area contributed by atoms with E-state index in [-0.39, 0.29) is 17.3 Å². The van der Waals surface area contributed by atoms with Crippen molar-refractivity contribution < 1.29 is 9.18 Å². The van der Waals surface area contributed by atoms with E-state index in [1.807, 2.05) is 17.1 Å². The Morgan fingerprint density at radius 2 is 1.92 bits per heavy atom. The highest BCUT2D eigenvalue weighted by molar-refractivity contribution is 5.95. The summed E-state index contributed by atoms with van der Waals surface area (Å²) in [6, 6.07) is 5.99. The first-order valence-electron chi connectivity index (χ1n) is 7.94. The van der Waals surface area contributed by atoms with Crippen molar-refractivity contribution in [3.63, 3.8) is 0 Å². The van der Waals surface area contributed by atoms with Crippen LogP contribution < -0.4 is 0 Å². The standard InChI is InChI=1S/C19H20FN3O/c1-3-9-19(10-4-2)11-12-22(19)18(24)15-13-21-23(14-15)17-7-5-16(20)6-8-17/h3-8,13-14H,1-2,9-12H2. The van der Waals surface area contributed by atoms with Gasteiger partial charge in [-0.15, -0.1) is 13.2 Å². The van der Waals surface area contributed by atoms with Gasteiger partial charge in [-0.05, 0) is 43.5 Å². The predicted molar refractivity (Wildman–Crippen MR) is 91.5 cm³/mol. The number of hydrogen-bond acceptors (Lipinski definition) is 2. The minimum absolute atomic E-state index is 0.0432. The van der Waals surface area contributed by atoms with Gasteiger partial charge >= 0.3 is 0 Å². The second-order valence-corrected chi connectivity index (χ2v) is 6.07. The van der Waals surface area contributed by atoms with E-state index in [0.29, 0.717) is 11.3 Å². The molecule has 3 rings (SSSR count). The van der Waals surface area contributed by atoms with E-state index < -0.39 is 0 Å². The summed E-state index contributed by atoms with van der Waals surface area (Å²) >= 11 is 0. The van der Waals surface area contributed by atoms with Crippen LogP contribution in [0.2, 0.25) is 0 Å². The third-order valence-electron chi connectivity index (χ3n) is 4.59. The number of likely N-dealkylation sites (tertiary alicyclic amines) is 1. The van der Waals surface area contributed by atoms with Crippen LogP contribution in [0.25, 0.3) is 5.69 Å². The molecule has 2 heterocycles. The summed E-state index contributed by atoms with van der Waals surface area (Å²) in [5, 5.41) is 4.22. The molecule has 1 aliphatic heterocycles. The summed E-state index contributed by atoms with van der Waals surface area (Å²) < 4.78 is 14.6. The molecule has 0 aliphatic carbocycles. The van der Waals surface area contributed by atoms with Gasteiger partial charge < -0.3 is 4.90 Å². The summed E-state index contributed by atoms with van der Waals surface area (Å²) in [5.74, 6) is -0.347. The second kappa shape index (κ2) is 6.43. The topological polar surface area (TPSA) is 38.1 Å². The summed E-state index contributed by atoms with van der Waals surface area (Å²) in [7, 11) is 0. The van der Waals surface area contributed by atoms with Crippen molar-refractivity contribution in [2.75, 3.05) is 6.54 Å². The van der Waals surface area contributed by atoms with Crippen LogP contribution in [0.15, 0.2) is 62.0 Å². The molecule has 0 N–H and O–H groups in total. The number of benzene rings is 1. The van der Waals surface area contributed by atoms with E-state index in [1.165, 1.54) is 12.1 Å². The van der Waals surface area contributed by atoms with Gasteiger partial charge in [0.1, 0.15) is 5.82 Å². The molecule has 24 heavy (non-hydrogen) atoms. The van der Waals surface area contributed by atoms with Crippen molar-refractivity contribution in [3.05, 3.63) is 73.3 Å². The van der Waals surface area contributed by atoms with E-state index >= 15 is 0 Å². The van der Waals surface area contributed by atoms with E-state index in [4.69, 9.17) is 0 Å². The van der Waals surface area contributed by atoms with Gasteiger partial charge in [0.05, 0.1) is 23.0 Å². The van der Waals surface area contributed by atoms with Gasteiger partial charge in [0.25, 0.3) is 5.91 Å². The van der Waals surface area contributed by atoms with Gasteiger partial charge in [-0.2, -0.15) is 5.10 Å². The van der Waals surface area contributed by atoms with Crippen LogP contribution in [-0.2, 0) is 0 Å². The molecule has 1 aromatic carbocycles. The van der Waals surface area contributed by atoms with E-state index in [0.717, 1.165) is 25.8 Å². The molecule has 2 aromatic rings. The number of carbonyl (C=O) groups is 1. The van der Waals surface area contributed by atoms with Crippen LogP contribution >= 0.6 is 0 Å². The molecule has 1 aliphatic rings. The van der Waals surface area contributed by atoms with Crippen molar-refractivity contribution in [3.8, 4) is 5.69 Å². The molecule has 1 amide bonds. The van der Waals surface area contributed by atoms with Crippen molar-refractivity contribution >= 4 is 5.91 Å². The number of rotatable bonds is 6. The lowest BCUT2D eigenvalue weighted by Crippen LogP contribution is -2.61. The maximum atomic E-state index is 13.0. The molecule has 1 saturated heterocycles. The van der Waals surface area contributed by atoms with Gasteiger partial charge in [0.2, 0.25) is 0 Å². The normalized spacial score (nSPS) is 15.6. The molecular formula is C19H20FN3O. The fourth-order valence-corrected chi connectivity index (χ4v) is 3.23. The lowest BCUT2D eigenvalue weighted by molar-refractivity contribution is -0.0000244. The molecule has 1 aromatic heterocycles. The molecule has 0 radical (unpaired) electrons. The Morgan fingerprint density at radius 3 is 2.46 bits per heavy atom. The Balaban J connectivity index is 1.82. The lowest BCUT2D eigenvalue weighted by atomic mass is 9.78. The van der Waals surface area contributed by atoms with E-state index in [9.17, 15) is 9.18 Å². The SMILES string of the molecule is C=CCC1(CC=C)CCN1C(=O)c1cnn(-c2ccc(F)cc2)c1. The Bertz CT molecular complexity index is 753. The van der Waals surface area contributed by atoms with Crippen molar-refractivity contribution in [2.45, 2.75) is 24.8 Å². The molecule has 0 unspecified atom stereocenters. The van der Waals surface area contributed by atoms with E-state index in [1.54, 1.807) is 29.2 Å². The van der Waals surface area contributed by atoms with Gasteiger partial charge in [-0.25, -0.2) is 9.07 Å². The van der Waals surface area contributed by atoms with Crippen LogP contribution in [0.5, 0.6) is 0 Å². The molecule has 4 nitrogen and oxygen atoms in total. The summed E-state index contributed by atoms with van der Waals surface area (Å²) in [5.41, 5.74) is 1.03. The van der Waals surface area contributed by atoms with Crippen molar-refractivity contribution in [1.29, 1.82) is 0 Å². The van der Waals surface area contributed by atoms with Crippen molar-refractivity contribution in [2.24, 2.45) is 0 Å². The smallest absolute Gasteiger partial charge is 0.257 e. The molecule has 0 saturated carbocycles. The number of aromatic nitrogens is 2. The molecule has 0 bridgehead atoms. The maximum Gasteiger partial charge on any atom is 0.257 e. The molecule has 5 heteroatoms. The van der Waals surface area contributed by atoms with Crippen LogP contribution in [-0.4, -0.2) is 32.7 Å². The predicted octanol–water partition coefficient (Wildman–Crippen LogP) is 3.75. The lowest BCUT2D eigenvalue weighted by Gasteiger charge is -2.52. The zero-order valence-corrected chi connectivity index (χ0v) is 13.5. The first-order chi connectivity index (χ1) is 11.6. The zero-order valence-electron chi connectivity index (χ0n) is 13.5. The van der Waals surface area contributed by atoms with Crippen LogP contribution in [0, 0.1) is 5.82 Å². The minimum Gasteiger partial charge on any atom is -0.332 e. The molecular weight excluding hydrogens is 305 g/mol. The zero-order chi connectivity index (χ0) is 17.2. The number of amides is 1. The highest BCUT2D eigenvalue weighted by Crippen LogP contribution is 2.38. The Morgan fingerprint density at radius 1 is 1.25 bits per heavy atom. The van der Waals surface area contributed by atoms with Crippen molar-refractivity contribution in [1.82, 2.24) is 14.7 Å². The number of carbonyl (C=O) groups excluding carboxylic acids is 1. The Labute approximate surface area is 140 Å². The molecule has 1 fully saturated rings. The summed E-state index contributed by atoms with van der Waals surface area (Å²) in [6.07, 6.45) is 9.38. The van der Waals surface area contributed by atoms with Gasteiger partial charge in [0, 0.05) is 12.7 Å². The summed E-state index contributed by atoms with van der Waals surface area (Å²) in [4.78, 5) is 14.7. The maximum absolute atomic E-state index is 13.0. The number of halogens is 1. The molecule has 0 atom stereocenters. The Kier molecular flexibility index (Phi) is 4.34. The summed E-state index contributed by atoms with van der Waals surface area (Å²) in [6.45, 7) is 8.34. The van der Waals surface area contributed by atoms with Gasteiger partial charge in [-0.3, -0.25) is 4.79 Å².